The van der Waals surface area contributed by atoms with E-state index in [4.69, 9.17) is 0 Å². The van der Waals surface area contributed by atoms with E-state index in [1.807, 2.05) is 42.5 Å². The molecule has 0 atom stereocenters. The second-order valence-corrected chi connectivity index (χ2v) is 11.0. The Kier molecular flexibility index (Phi) is 6.41. The monoisotopic (exact) mass is 466 g/mol. The van der Waals surface area contributed by atoms with Crippen molar-refractivity contribution in [3.63, 3.8) is 0 Å². The molecular formula is C25H30N4O3S. The molecule has 1 aliphatic rings. The summed E-state index contributed by atoms with van der Waals surface area (Å²) in [4.78, 5) is 29.3. The van der Waals surface area contributed by atoms with Crippen LogP contribution in [-0.2, 0) is 29.0 Å². The van der Waals surface area contributed by atoms with Gasteiger partial charge in [0.15, 0.2) is 0 Å². The highest BCUT2D eigenvalue weighted by Crippen LogP contribution is 2.40. The van der Waals surface area contributed by atoms with Gasteiger partial charge in [-0.1, -0.05) is 24.3 Å². The van der Waals surface area contributed by atoms with Crippen LogP contribution in [0.1, 0.15) is 22.6 Å². The average molecular weight is 467 g/mol. The number of carboxylic acids is 1. The van der Waals surface area contributed by atoms with Gasteiger partial charge in [0.05, 0.1) is 56.4 Å². The Labute approximate surface area is 198 Å². The standard InChI is InChI=1S/C25H30N4O3S/c1-29(2,3)11-10-26-19-8-9-21-20(12-19)28-22(33-21)16-27-24(32)25(15-23(30)31)13-17-6-4-5-7-18(17)14-25/h4-9,12,26H,10-11,13-16H2,1-3H3,(H-,27,30,31,32). The number of fused-ring (bicyclic) bond motifs is 2. The van der Waals surface area contributed by atoms with Crippen molar-refractivity contribution in [3.05, 3.63) is 58.6 Å². The van der Waals surface area contributed by atoms with Gasteiger partial charge in [-0.2, -0.15) is 0 Å². The van der Waals surface area contributed by atoms with Crippen LogP contribution in [0.15, 0.2) is 42.5 Å². The minimum Gasteiger partial charge on any atom is -0.550 e. The molecule has 0 aliphatic heterocycles. The van der Waals surface area contributed by atoms with Gasteiger partial charge in [-0.3, -0.25) is 4.79 Å². The van der Waals surface area contributed by atoms with Crippen LogP contribution in [0.25, 0.3) is 10.2 Å². The molecule has 0 fully saturated rings. The van der Waals surface area contributed by atoms with Gasteiger partial charge in [0, 0.05) is 18.1 Å². The normalized spacial score (nSPS) is 14.8. The number of nitrogens with zero attached hydrogens (tertiary/aromatic N) is 2. The van der Waals surface area contributed by atoms with Crippen molar-refractivity contribution >= 4 is 39.1 Å². The Morgan fingerprint density at radius 1 is 1.12 bits per heavy atom. The lowest BCUT2D eigenvalue weighted by molar-refractivity contribution is -0.868. The molecule has 1 amide bonds. The summed E-state index contributed by atoms with van der Waals surface area (Å²) in [5.41, 5.74) is 2.95. The largest absolute Gasteiger partial charge is 0.550 e. The number of benzene rings is 2. The van der Waals surface area contributed by atoms with Gasteiger partial charge in [-0.15, -0.1) is 11.3 Å². The van der Waals surface area contributed by atoms with Crippen molar-refractivity contribution < 1.29 is 19.2 Å². The van der Waals surface area contributed by atoms with E-state index >= 15 is 0 Å². The summed E-state index contributed by atoms with van der Waals surface area (Å²) in [5, 5.41) is 18.6. The third-order valence-corrected chi connectivity index (χ3v) is 7.12. The highest BCUT2D eigenvalue weighted by atomic mass is 32.1. The van der Waals surface area contributed by atoms with Gasteiger partial charge in [0.1, 0.15) is 5.01 Å². The van der Waals surface area contributed by atoms with Crippen molar-refractivity contribution in [1.29, 1.82) is 0 Å². The van der Waals surface area contributed by atoms with Crippen LogP contribution in [0.3, 0.4) is 0 Å². The Morgan fingerprint density at radius 3 is 2.45 bits per heavy atom. The summed E-state index contributed by atoms with van der Waals surface area (Å²) in [5.74, 6) is -1.46. The predicted molar refractivity (Wildman–Crippen MR) is 129 cm³/mol. The zero-order valence-corrected chi connectivity index (χ0v) is 20.1. The van der Waals surface area contributed by atoms with Crippen molar-refractivity contribution in [1.82, 2.24) is 10.3 Å². The van der Waals surface area contributed by atoms with Gasteiger partial charge < -0.3 is 25.0 Å². The summed E-state index contributed by atoms with van der Waals surface area (Å²) in [6.45, 7) is 2.14. The van der Waals surface area contributed by atoms with E-state index in [0.717, 1.165) is 49.6 Å². The van der Waals surface area contributed by atoms with Gasteiger partial charge in [-0.05, 0) is 42.2 Å². The number of aliphatic carboxylic acids is 1. The SMILES string of the molecule is C[N+](C)(C)CCNc1ccc2sc(CNC(=O)C3(CC(=O)[O-])Cc4ccccc4C3)nc2c1. The van der Waals surface area contributed by atoms with Crippen LogP contribution in [0.5, 0.6) is 0 Å². The molecular weight excluding hydrogens is 436 g/mol. The molecule has 4 rings (SSSR count). The molecule has 0 bridgehead atoms. The van der Waals surface area contributed by atoms with Crippen LogP contribution in [0.2, 0.25) is 0 Å². The first kappa shape index (κ1) is 23.2. The molecule has 0 saturated heterocycles. The Bertz CT molecular complexity index is 1160. The number of hydrogen-bond acceptors (Lipinski definition) is 6. The Morgan fingerprint density at radius 2 is 1.82 bits per heavy atom. The zero-order valence-electron chi connectivity index (χ0n) is 19.3. The van der Waals surface area contributed by atoms with Crippen molar-refractivity contribution in [2.24, 2.45) is 5.41 Å². The fourth-order valence-electron chi connectivity index (χ4n) is 4.38. The molecule has 2 N–H and O–H groups in total. The van der Waals surface area contributed by atoms with E-state index in [-0.39, 0.29) is 18.9 Å². The molecule has 1 heterocycles. The third-order valence-electron chi connectivity index (χ3n) is 6.08. The smallest absolute Gasteiger partial charge is 0.227 e. The first-order chi connectivity index (χ1) is 15.6. The first-order valence-corrected chi connectivity index (χ1v) is 11.9. The van der Waals surface area contributed by atoms with E-state index in [9.17, 15) is 14.7 Å². The van der Waals surface area contributed by atoms with E-state index in [0.29, 0.717) is 12.8 Å². The van der Waals surface area contributed by atoms with Gasteiger partial charge >= 0.3 is 0 Å². The van der Waals surface area contributed by atoms with Gasteiger partial charge in [0.25, 0.3) is 0 Å². The van der Waals surface area contributed by atoms with Crippen molar-refractivity contribution in [3.8, 4) is 0 Å². The summed E-state index contributed by atoms with van der Waals surface area (Å²) in [7, 11) is 6.48. The van der Waals surface area contributed by atoms with Crippen molar-refractivity contribution in [2.45, 2.75) is 25.8 Å². The molecule has 1 aliphatic carbocycles. The topological polar surface area (TPSA) is 94.1 Å². The number of carbonyl (C=O) groups is 2. The summed E-state index contributed by atoms with van der Waals surface area (Å²) in [6, 6.07) is 13.9. The molecule has 2 aromatic carbocycles. The number of carbonyl (C=O) groups excluding carboxylic acids is 2. The lowest BCUT2D eigenvalue weighted by Crippen LogP contribution is -2.45. The molecule has 0 unspecified atom stereocenters. The highest BCUT2D eigenvalue weighted by Gasteiger charge is 2.43. The molecule has 7 nitrogen and oxygen atoms in total. The van der Waals surface area contributed by atoms with E-state index < -0.39 is 11.4 Å². The molecule has 33 heavy (non-hydrogen) atoms. The van der Waals surface area contributed by atoms with E-state index in [2.05, 4.69) is 36.8 Å². The number of rotatable bonds is 9. The first-order valence-electron chi connectivity index (χ1n) is 11.1. The van der Waals surface area contributed by atoms with E-state index in [1.54, 1.807) is 0 Å². The maximum Gasteiger partial charge on any atom is 0.227 e. The molecule has 0 saturated carbocycles. The predicted octanol–water partition coefficient (Wildman–Crippen LogP) is 1.96. The van der Waals surface area contributed by atoms with Crippen molar-refractivity contribution in [2.75, 3.05) is 39.5 Å². The number of hydrogen-bond donors (Lipinski definition) is 2. The van der Waals surface area contributed by atoms with Crippen LogP contribution < -0.4 is 15.7 Å². The average Bonchev–Trinajstić information content (AvgIpc) is 3.31. The zero-order chi connectivity index (χ0) is 23.6. The minimum absolute atomic E-state index is 0.259. The number of amides is 1. The number of thiazole rings is 1. The number of aromatic nitrogens is 1. The second kappa shape index (κ2) is 9.11. The quantitative estimate of drug-likeness (QED) is 0.470. The molecule has 1 aromatic heterocycles. The summed E-state index contributed by atoms with van der Waals surface area (Å²) >= 11 is 1.53. The lowest BCUT2D eigenvalue weighted by Gasteiger charge is -2.28. The van der Waals surface area contributed by atoms with Crippen LogP contribution >= 0.6 is 11.3 Å². The summed E-state index contributed by atoms with van der Waals surface area (Å²) < 4.78 is 1.94. The second-order valence-electron chi connectivity index (χ2n) is 9.86. The molecule has 174 valence electrons. The number of anilines is 1. The number of carboxylic acid groups (broad SMARTS) is 1. The number of nitrogens with one attached hydrogen (secondary N) is 2. The van der Waals surface area contributed by atoms with Gasteiger partial charge in [0.2, 0.25) is 5.91 Å². The van der Waals surface area contributed by atoms with E-state index in [1.165, 1.54) is 11.3 Å². The van der Waals surface area contributed by atoms with Crippen LogP contribution in [0.4, 0.5) is 5.69 Å². The molecule has 0 radical (unpaired) electrons. The fourth-order valence-corrected chi connectivity index (χ4v) is 5.26. The molecule has 0 spiro atoms. The number of likely N-dealkylation sites (N-methyl/N-ethyl adjacent to an activating group) is 1. The Hall–Kier alpha value is -2.97. The molecule has 3 aromatic rings. The van der Waals surface area contributed by atoms with Crippen LogP contribution in [-0.4, -0.2) is 55.6 Å². The third kappa shape index (κ3) is 5.51. The maximum absolute atomic E-state index is 13.2. The maximum atomic E-state index is 13.2. The Balaban J connectivity index is 1.42. The fraction of sp³-hybridized carbons (Fsp3) is 0.400. The summed E-state index contributed by atoms with van der Waals surface area (Å²) in [6.07, 6.45) is 0.520. The highest BCUT2D eigenvalue weighted by molar-refractivity contribution is 7.18. The van der Waals surface area contributed by atoms with Crippen LogP contribution in [0, 0.1) is 5.41 Å². The minimum atomic E-state index is -1.21. The number of quaternary nitrogens is 1. The van der Waals surface area contributed by atoms with Gasteiger partial charge in [-0.25, -0.2) is 4.98 Å². The lowest BCUT2D eigenvalue weighted by atomic mass is 9.80. The molecule has 8 heteroatoms.